The minimum absolute atomic E-state index is 0.00411. The highest BCUT2D eigenvalue weighted by Crippen LogP contribution is 2.28. The molecule has 0 spiro atoms. The van der Waals surface area contributed by atoms with E-state index in [2.05, 4.69) is 31.4 Å². The summed E-state index contributed by atoms with van der Waals surface area (Å²) >= 11 is 0. The normalized spacial score (nSPS) is 13.0. The second-order valence-electron chi connectivity index (χ2n) is 6.74. The number of rotatable bonds is 6. The summed E-state index contributed by atoms with van der Waals surface area (Å²) in [6.07, 6.45) is 1.33. The summed E-state index contributed by atoms with van der Waals surface area (Å²) in [6, 6.07) is 5.21. The van der Waals surface area contributed by atoms with Crippen molar-refractivity contribution in [3.05, 3.63) is 23.8 Å². The molecule has 21 heavy (non-hydrogen) atoms. The van der Waals surface area contributed by atoms with Crippen molar-refractivity contribution in [2.75, 3.05) is 11.9 Å². The van der Waals surface area contributed by atoms with Crippen molar-refractivity contribution < 1.29 is 9.90 Å². The average Bonchev–Trinajstić information content (AvgIpc) is 2.37. The van der Waals surface area contributed by atoms with E-state index in [1.54, 1.807) is 12.1 Å². The average molecular weight is 292 g/mol. The number of benzene rings is 1. The van der Waals surface area contributed by atoms with Gasteiger partial charge >= 0.3 is 0 Å². The van der Waals surface area contributed by atoms with Crippen LogP contribution in [0.15, 0.2) is 18.2 Å². The molecule has 118 valence electrons. The number of hydrogen-bond donors (Lipinski definition) is 3. The first kappa shape index (κ1) is 17.5. The number of hydrogen-bond acceptors (Lipinski definition) is 3. The highest BCUT2D eigenvalue weighted by molar-refractivity contribution is 5.90. The molecule has 0 saturated carbocycles. The van der Waals surface area contributed by atoms with Crippen LogP contribution in [0.1, 0.15) is 59.1 Å². The van der Waals surface area contributed by atoms with Crippen LogP contribution in [0.4, 0.5) is 5.69 Å². The van der Waals surface area contributed by atoms with Crippen LogP contribution in [0.25, 0.3) is 0 Å². The number of nitrogens with one attached hydrogen (secondary N) is 2. The molecule has 0 aliphatic heterocycles. The molecular weight excluding hydrogens is 264 g/mol. The van der Waals surface area contributed by atoms with Crippen molar-refractivity contribution in [1.82, 2.24) is 5.32 Å². The van der Waals surface area contributed by atoms with Crippen molar-refractivity contribution in [3.63, 3.8) is 0 Å². The van der Waals surface area contributed by atoms with Crippen LogP contribution in [0, 0.1) is 5.41 Å². The van der Waals surface area contributed by atoms with Gasteiger partial charge in [0.2, 0.25) is 5.91 Å². The van der Waals surface area contributed by atoms with Gasteiger partial charge in [0.05, 0.1) is 0 Å². The third kappa shape index (κ3) is 6.17. The maximum atomic E-state index is 11.6. The number of phenols is 1. The third-order valence-corrected chi connectivity index (χ3v) is 3.19. The summed E-state index contributed by atoms with van der Waals surface area (Å²) in [5.74, 6) is 0.252. The summed E-state index contributed by atoms with van der Waals surface area (Å²) in [7, 11) is 0. The van der Waals surface area contributed by atoms with Gasteiger partial charge in [-0.2, -0.15) is 0 Å². The van der Waals surface area contributed by atoms with E-state index < -0.39 is 0 Å². The fourth-order valence-electron chi connectivity index (χ4n) is 2.00. The monoisotopic (exact) mass is 292 g/mol. The quantitative estimate of drug-likeness (QED) is 0.698. The van der Waals surface area contributed by atoms with E-state index in [0.29, 0.717) is 6.42 Å². The van der Waals surface area contributed by atoms with Crippen molar-refractivity contribution in [2.24, 2.45) is 5.41 Å². The molecule has 3 N–H and O–H groups in total. The number of amides is 1. The lowest BCUT2D eigenvalue weighted by Crippen LogP contribution is -2.29. The molecule has 1 rings (SSSR count). The fourth-order valence-corrected chi connectivity index (χ4v) is 2.00. The number of aromatic hydroxyl groups is 1. The summed E-state index contributed by atoms with van der Waals surface area (Å²) in [5.41, 5.74) is 1.70. The molecule has 4 nitrogen and oxygen atoms in total. The first-order valence-electron chi connectivity index (χ1n) is 7.59. The zero-order chi connectivity index (χ0) is 16.0. The Bertz CT molecular complexity index is 478. The first-order chi connectivity index (χ1) is 9.73. The fraction of sp³-hybridized carbons (Fsp3) is 0.588. The molecule has 1 aromatic rings. The molecule has 0 saturated heterocycles. The number of phenolic OH excluding ortho intramolecular Hbond substituents is 1. The van der Waals surface area contributed by atoms with E-state index in [1.165, 1.54) is 0 Å². The molecule has 1 atom stereocenters. The SMILES string of the molecule is CCCC(=O)Nc1ccc(O)c(C(C)NCC(C)(C)C)c1. The van der Waals surface area contributed by atoms with Gasteiger partial charge in [-0.15, -0.1) is 0 Å². The minimum Gasteiger partial charge on any atom is -0.508 e. The topological polar surface area (TPSA) is 61.4 Å². The van der Waals surface area contributed by atoms with Gasteiger partial charge in [0.15, 0.2) is 0 Å². The molecule has 1 aromatic carbocycles. The van der Waals surface area contributed by atoms with Gasteiger partial charge < -0.3 is 15.7 Å². The Balaban J connectivity index is 2.79. The van der Waals surface area contributed by atoms with Crippen LogP contribution in [0.2, 0.25) is 0 Å². The van der Waals surface area contributed by atoms with E-state index in [0.717, 1.165) is 24.2 Å². The smallest absolute Gasteiger partial charge is 0.224 e. The lowest BCUT2D eigenvalue weighted by molar-refractivity contribution is -0.116. The molecule has 1 amide bonds. The van der Waals surface area contributed by atoms with E-state index in [1.807, 2.05) is 19.9 Å². The molecule has 0 bridgehead atoms. The second-order valence-corrected chi connectivity index (χ2v) is 6.74. The van der Waals surface area contributed by atoms with Crippen molar-refractivity contribution >= 4 is 11.6 Å². The van der Waals surface area contributed by atoms with Crippen LogP contribution in [-0.4, -0.2) is 17.6 Å². The van der Waals surface area contributed by atoms with Crippen LogP contribution >= 0.6 is 0 Å². The van der Waals surface area contributed by atoms with Crippen LogP contribution < -0.4 is 10.6 Å². The Kier molecular flexibility index (Phi) is 6.21. The number of anilines is 1. The maximum absolute atomic E-state index is 11.6. The largest absolute Gasteiger partial charge is 0.508 e. The summed E-state index contributed by atoms with van der Waals surface area (Å²) in [4.78, 5) is 11.6. The molecule has 0 aromatic heterocycles. The molecule has 4 heteroatoms. The zero-order valence-corrected chi connectivity index (χ0v) is 13.8. The van der Waals surface area contributed by atoms with Crippen LogP contribution in [0.3, 0.4) is 0 Å². The van der Waals surface area contributed by atoms with Gasteiger partial charge in [-0.1, -0.05) is 27.7 Å². The standard InChI is InChI=1S/C17H28N2O2/c1-6-7-16(21)19-13-8-9-15(20)14(10-13)12(2)18-11-17(3,4)5/h8-10,12,18,20H,6-7,11H2,1-5H3,(H,19,21). The highest BCUT2D eigenvalue weighted by atomic mass is 16.3. The Morgan fingerprint density at radius 2 is 2.00 bits per heavy atom. The Morgan fingerprint density at radius 3 is 2.57 bits per heavy atom. The van der Waals surface area contributed by atoms with Crippen LogP contribution in [-0.2, 0) is 4.79 Å². The maximum Gasteiger partial charge on any atom is 0.224 e. The molecule has 1 unspecified atom stereocenters. The summed E-state index contributed by atoms with van der Waals surface area (Å²) < 4.78 is 0. The molecule has 0 heterocycles. The van der Waals surface area contributed by atoms with Gasteiger partial charge in [0, 0.05) is 30.3 Å². The number of carbonyl (C=O) groups excluding carboxylic acids is 1. The van der Waals surface area contributed by atoms with E-state index >= 15 is 0 Å². The van der Waals surface area contributed by atoms with Crippen molar-refractivity contribution in [1.29, 1.82) is 0 Å². The molecule has 0 aliphatic carbocycles. The second kappa shape index (κ2) is 7.46. The Morgan fingerprint density at radius 1 is 1.33 bits per heavy atom. The highest BCUT2D eigenvalue weighted by Gasteiger charge is 2.15. The summed E-state index contributed by atoms with van der Waals surface area (Å²) in [6.45, 7) is 11.3. The minimum atomic E-state index is 0.00411. The Hall–Kier alpha value is -1.55. The van der Waals surface area contributed by atoms with Crippen molar-refractivity contribution in [2.45, 2.75) is 53.5 Å². The molecular formula is C17H28N2O2. The van der Waals surface area contributed by atoms with Gasteiger partial charge in [-0.3, -0.25) is 4.79 Å². The summed E-state index contributed by atoms with van der Waals surface area (Å²) in [5, 5.41) is 16.3. The predicted molar refractivity (Wildman–Crippen MR) is 87.5 cm³/mol. The molecule has 0 aliphatic rings. The lowest BCUT2D eigenvalue weighted by Gasteiger charge is -2.23. The van der Waals surface area contributed by atoms with E-state index in [-0.39, 0.29) is 23.1 Å². The van der Waals surface area contributed by atoms with E-state index in [4.69, 9.17) is 0 Å². The van der Waals surface area contributed by atoms with Gasteiger partial charge in [-0.25, -0.2) is 0 Å². The van der Waals surface area contributed by atoms with Gasteiger partial charge in [0.25, 0.3) is 0 Å². The predicted octanol–water partition coefficient (Wildman–Crippen LogP) is 3.83. The van der Waals surface area contributed by atoms with Crippen LogP contribution in [0.5, 0.6) is 5.75 Å². The zero-order valence-electron chi connectivity index (χ0n) is 13.8. The lowest BCUT2D eigenvalue weighted by atomic mass is 9.96. The first-order valence-corrected chi connectivity index (χ1v) is 7.59. The van der Waals surface area contributed by atoms with E-state index in [9.17, 15) is 9.90 Å². The third-order valence-electron chi connectivity index (χ3n) is 3.19. The van der Waals surface area contributed by atoms with Gasteiger partial charge in [0.1, 0.15) is 5.75 Å². The Labute approximate surface area is 128 Å². The number of carbonyl (C=O) groups is 1. The molecule has 0 radical (unpaired) electrons. The van der Waals surface area contributed by atoms with Crippen molar-refractivity contribution in [3.8, 4) is 5.75 Å². The van der Waals surface area contributed by atoms with Gasteiger partial charge in [-0.05, 0) is 37.0 Å². The molecule has 0 fully saturated rings.